The van der Waals surface area contributed by atoms with Gasteiger partial charge in [-0.1, -0.05) is 42.4 Å². The molecular weight excluding hydrogens is 228 g/mol. The predicted molar refractivity (Wildman–Crippen MR) is 70.2 cm³/mol. The third-order valence-electron chi connectivity index (χ3n) is 2.84. The van der Waals surface area contributed by atoms with Gasteiger partial charge in [0.05, 0.1) is 0 Å². The molecule has 0 fully saturated rings. The molecule has 0 saturated carbocycles. The maximum atomic E-state index is 8.66. The molecular formula is C13H16N4O. The largest absolute Gasteiger partial charge is 0.409 e. The molecule has 1 aromatic carbocycles. The first-order valence-electron chi connectivity index (χ1n) is 5.76. The van der Waals surface area contributed by atoms with Crippen LogP contribution in [0.5, 0.6) is 0 Å². The van der Waals surface area contributed by atoms with Crippen molar-refractivity contribution in [2.24, 2.45) is 16.8 Å². The average Bonchev–Trinajstić information content (AvgIpc) is 2.86. The number of imidazole rings is 1. The Bertz CT molecular complexity index is 533. The van der Waals surface area contributed by atoms with Gasteiger partial charge in [0.1, 0.15) is 11.7 Å². The number of hydrogen-bond donors (Lipinski definition) is 2. The minimum atomic E-state index is -0.0494. The minimum Gasteiger partial charge on any atom is -0.409 e. The lowest BCUT2D eigenvalue weighted by Gasteiger charge is -2.13. The fourth-order valence-electron chi connectivity index (χ4n) is 1.79. The van der Waals surface area contributed by atoms with Crippen molar-refractivity contribution in [1.82, 2.24) is 9.55 Å². The Labute approximate surface area is 106 Å². The van der Waals surface area contributed by atoms with E-state index in [1.807, 2.05) is 48.0 Å². The highest BCUT2D eigenvalue weighted by atomic mass is 16.4. The zero-order valence-corrected chi connectivity index (χ0v) is 10.2. The van der Waals surface area contributed by atoms with Gasteiger partial charge in [-0.05, 0) is 0 Å². The van der Waals surface area contributed by atoms with Crippen molar-refractivity contribution in [3.05, 3.63) is 42.7 Å². The first-order valence-corrected chi connectivity index (χ1v) is 5.76. The molecule has 0 amide bonds. The van der Waals surface area contributed by atoms with Crippen molar-refractivity contribution < 1.29 is 5.21 Å². The van der Waals surface area contributed by atoms with Crippen molar-refractivity contribution in [1.29, 1.82) is 0 Å². The minimum absolute atomic E-state index is 0.0494. The number of nitrogens with zero attached hydrogens (tertiary/aromatic N) is 3. The average molecular weight is 244 g/mol. The molecule has 94 valence electrons. The second-order valence-corrected chi connectivity index (χ2v) is 4.20. The van der Waals surface area contributed by atoms with E-state index < -0.39 is 0 Å². The molecule has 5 nitrogen and oxygen atoms in total. The number of aromatic nitrogens is 2. The summed E-state index contributed by atoms with van der Waals surface area (Å²) in [7, 11) is 0. The fraction of sp³-hybridized carbons (Fsp3) is 0.231. The van der Waals surface area contributed by atoms with Gasteiger partial charge in [0.2, 0.25) is 0 Å². The third-order valence-corrected chi connectivity index (χ3v) is 2.84. The second-order valence-electron chi connectivity index (χ2n) is 4.20. The van der Waals surface area contributed by atoms with Crippen LogP contribution in [0, 0.1) is 5.92 Å². The van der Waals surface area contributed by atoms with Crippen LogP contribution in [-0.4, -0.2) is 20.6 Å². The standard InChI is InChI=1S/C13H16N4O/c1-10(12(14)16-18)9-17-8-7-15-13(17)11-5-3-2-4-6-11/h2-8,10,18H,9H2,1H3,(H2,14,16). The molecule has 18 heavy (non-hydrogen) atoms. The van der Waals surface area contributed by atoms with Crippen LogP contribution in [0.3, 0.4) is 0 Å². The zero-order valence-electron chi connectivity index (χ0n) is 10.2. The Hall–Kier alpha value is -2.30. The highest BCUT2D eigenvalue weighted by Crippen LogP contribution is 2.17. The topological polar surface area (TPSA) is 76.4 Å². The fourth-order valence-corrected chi connectivity index (χ4v) is 1.79. The van der Waals surface area contributed by atoms with Gasteiger partial charge in [-0.25, -0.2) is 4.98 Å². The van der Waals surface area contributed by atoms with E-state index in [-0.39, 0.29) is 11.8 Å². The predicted octanol–water partition coefficient (Wildman–Crippen LogP) is 1.93. The Morgan fingerprint density at radius 3 is 2.83 bits per heavy atom. The van der Waals surface area contributed by atoms with Crippen molar-refractivity contribution in [3.8, 4) is 11.4 Å². The lowest BCUT2D eigenvalue weighted by atomic mass is 10.1. The quantitative estimate of drug-likeness (QED) is 0.373. The highest BCUT2D eigenvalue weighted by molar-refractivity contribution is 5.81. The maximum Gasteiger partial charge on any atom is 0.143 e. The highest BCUT2D eigenvalue weighted by Gasteiger charge is 2.12. The molecule has 0 bridgehead atoms. The van der Waals surface area contributed by atoms with Crippen LogP contribution in [0.1, 0.15) is 6.92 Å². The van der Waals surface area contributed by atoms with Crippen LogP contribution >= 0.6 is 0 Å². The van der Waals surface area contributed by atoms with Crippen LogP contribution in [0.4, 0.5) is 0 Å². The van der Waals surface area contributed by atoms with E-state index in [1.165, 1.54) is 0 Å². The summed E-state index contributed by atoms with van der Waals surface area (Å²) in [6.45, 7) is 2.53. The Morgan fingerprint density at radius 2 is 2.17 bits per heavy atom. The molecule has 0 spiro atoms. The maximum absolute atomic E-state index is 8.66. The molecule has 2 aromatic rings. The summed E-state index contributed by atoms with van der Waals surface area (Å²) in [6, 6.07) is 9.93. The molecule has 0 aliphatic rings. The number of benzene rings is 1. The van der Waals surface area contributed by atoms with E-state index in [4.69, 9.17) is 10.9 Å². The number of hydrogen-bond acceptors (Lipinski definition) is 3. The van der Waals surface area contributed by atoms with Crippen LogP contribution < -0.4 is 5.73 Å². The molecule has 0 radical (unpaired) electrons. The van der Waals surface area contributed by atoms with Gasteiger partial charge in [0.15, 0.2) is 0 Å². The van der Waals surface area contributed by atoms with E-state index in [9.17, 15) is 0 Å². The van der Waals surface area contributed by atoms with Crippen LogP contribution in [-0.2, 0) is 6.54 Å². The summed E-state index contributed by atoms with van der Waals surface area (Å²) < 4.78 is 2.00. The van der Waals surface area contributed by atoms with E-state index in [2.05, 4.69) is 10.1 Å². The zero-order chi connectivity index (χ0) is 13.0. The van der Waals surface area contributed by atoms with Gasteiger partial charge < -0.3 is 15.5 Å². The molecule has 0 aliphatic carbocycles. The molecule has 1 heterocycles. The first kappa shape index (κ1) is 12.2. The molecule has 0 saturated heterocycles. The number of nitrogens with two attached hydrogens (primary N) is 1. The van der Waals surface area contributed by atoms with E-state index in [1.54, 1.807) is 6.20 Å². The van der Waals surface area contributed by atoms with Crippen LogP contribution in [0.25, 0.3) is 11.4 Å². The number of amidine groups is 1. The molecule has 1 atom stereocenters. The Kier molecular flexibility index (Phi) is 3.62. The normalized spacial score (nSPS) is 13.5. The lowest BCUT2D eigenvalue weighted by Crippen LogP contribution is -2.25. The summed E-state index contributed by atoms with van der Waals surface area (Å²) in [5.74, 6) is 1.06. The van der Waals surface area contributed by atoms with Crippen molar-refractivity contribution >= 4 is 5.84 Å². The molecule has 3 N–H and O–H groups in total. The van der Waals surface area contributed by atoms with E-state index >= 15 is 0 Å². The SMILES string of the molecule is CC(Cn1ccnc1-c1ccccc1)/C(N)=N/O. The van der Waals surface area contributed by atoms with Crippen molar-refractivity contribution in [3.63, 3.8) is 0 Å². The Balaban J connectivity index is 2.24. The van der Waals surface area contributed by atoms with Gasteiger partial charge >= 0.3 is 0 Å². The van der Waals surface area contributed by atoms with Gasteiger partial charge in [-0.3, -0.25) is 0 Å². The third kappa shape index (κ3) is 2.51. The molecule has 1 aromatic heterocycles. The van der Waals surface area contributed by atoms with Gasteiger partial charge in [-0.15, -0.1) is 0 Å². The van der Waals surface area contributed by atoms with Gasteiger partial charge in [0, 0.05) is 30.4 Å². The Morgan fingerprint density at radius 1 is 1.44 bits per heavy atom. The summed E-state index contributed by atoms with van der Waals surface area (Å²) in [5.41, 5.74) is 6.64. The van der Waals surface area contributed by atoms with Gasteiger partial charge in [0.25, 0.3) is 0 Å². The van der Waals surface area contributed by atoms with Crippen molar-refractivity contribution in [2.75, 3.05) is 0 Å². The summed E-state index contributed by atoms with van der Waals surface area (Å²) in [6.07, 6.45) is 3.64. The second kappa shape index (κ2) is 5.35. The number of oxime groups is 1. The number of rotatable bonds is 4. The monoisotopic (exact) mass is 244 g/mol. The molecule has 2 rings (SSSR count). The smallest absolute Gasteiger partial charge is 0.143 e. The summed E-state index contributed by atoms with van der Waals surface area (Å²) >= 11 is 0. The van der Waals surface area contributed by atoms with E-state index in [0.29, 0.717) is 6.54 Å². The van der Waals surface area contributed by atoms with Crippen LogP contribution in [0.2, 0.25) is 0 Å². The van der Waals surface area contributed by atoms with Crippen LogP contribution in [0.15, 0.2) is 47.9 Å². The molecule has 5 heteroatoms. The van der Waals surface area contributed by atoms with Gasteiger partial charge in [-0.2, -0.15) is 0 Å². The molecule has 0 aliphatic heterocycles. The molecule has 1 unspecified atom stereocenters. The summed E-state index contributed by atoms with van der Waals surface area (Å²) in [5, 5.41) is 11.7. The summed E-state index contributed by atoms with van der Waals surface area (Å²) in [4.78, 5) is 4.34. The lowest BCUT2D eigenvalue weighted by molar-refractivity contribution is 0.313. The first-order chi connectivity index (χ1) is 8.72. The van der Waals surface area contributed by atoms with Crippen molar-refractivity contribution in [2.45, 2.75) is 13.5 Å². The van der Waals surface area contributed by atoms with E-state index in [0.717, 1.165) is 11.4 Å².